The van der Waals surface area contributed by atoms with E-state index in [-0.39, 0.29) is 5.82 Å². The third-order valence-corrected chi connectivity index (χ3v) is 2.12. The second-order valence-corrected chi connectivity index (χ2v) is 3.56. The number of halogens is 1. The third kappa shape index (κ3) is 4.59. The molecular formula is C14H12FN3O. The third-order valence-electron chi connectivity index (χ3n) is 2.12. The van der Waals surface area contributed by atoms with Gasteiger partial charge < -0.3 is 4.84 Å². The predicted octanol–water partition coefficient (Wildman–Crippen LogP) is 3.29. The maximum Gasteiger partial charge on any atom is 0.157 e. The first-order valence-electron chi connectivity index (χ1n) is 5.63. The average molecular weight is 257 g/mol. The molecule has 2 aromatic rings. The number of nitrogens with one attached hydrogen (secondary N) is 1. The molecule has 4 nitrogen and oxygen atoms in total. The van der Waals surface area contributed by atoms with Crippen LogP contribution < -0.4 is 10.3 Å². The molecule has 5 heteroatoms. The van der Waals surface area contributed by atoms with Crippen molar-refractivity contribution in [3.05, 3.63) is 60.4 Å². The number of nitrogens with zero attached hydrogens (tertiary/aromatic N) is 2. The number of oxime groups is 1. The molecule has 0 atom stereocenters. The summed E-state index contributed by atoms with van der Waals surface area (Å²) in [4.78, 5) is 5.07. The van der Waals surface area contributed by atoms with E-state index in [9.17, 15) is 4.39 Å². The first kappa shape index (κ1) is 12.8. The van der Waals surface area contributed by atoms with Crippen molar-refractivity contribution in [2.45, 2.75) is 0 Å². The number of anilines is 1. The van der Waals surface area contributed by atoms with E-state index in [2.05, 4.69) is 15.7 Å². The summed E-state index contributed by atoms with van der Waals surface area (Å²) in [5.74, 6) is 0.325. The summed E-state index contributed by atoms with van der Waals surface area (Å²) in [6.07, 6.45) is 2.80. The Bertz CT molecular complexity index is 570. The number of hydrogen-bond acceptors (Lipinski definition) is 4. The zero-order valence-electron chi connectivity index (χ0n) is 10.0. The second kappa shape index (κ2) is 6.90. The SMILES string of the molecule is Fc1cccc(N/N=C/C=N/Oc2ccccc2)c1. The molecule has 96 valence electrons. The first-order chi connectivity index (χ1) is 9.34. The molecule has 0 aliphatic heterocycles. The molecule has 0 saturated heterocycles. The molecule has 0 aliphatic carbocycles. The van der Waals surface area contributed by atoms with Crippen LogP contribution in [0.15, 0.2) is 64.9 Å². The summed E-state index contributed by atoms with van der Waals surface area (Å²) in [7, 11) is 0. The summed E-state index contributed by atoms with van der Waals surface area (Å²) in [5.41, 5.74) is 3.23. The number of rotatable bonds is 5. The van der Waals surface area contributed by atoms with Gasteiger partial charge in [0.1, 0.15) is 5.82 Å². The molecule has 0 saturated carbocycles. The largest absolute Gasteiger partial charge is 0.357 e. The van der Waals surface area contributed by atoms with Crippen LogP contribution in [0.3, 0.4) is 0 Å². The monoisotopic (exact) mass is 257 g/mol. The first-order valence-corrected chi connectivity index (χ1v) is 5.63. The zero-order chi connectivity index (χ0) is 13.3. The minimum atomic E-state index is -0.318. The van der Waals surface area contributed by atoms with Crippen LogP contribution in [0.1, 0.15) is 0 Å². The highest BCUT2D eigenvalue weighted by Gasteiger charge is 1.91. The Labute approximate surface area is 110 Å². The highest BCUT2D eigenvalue weighted by atomic mass is 19.1. The maximum atomic E-state index is 12.8. The maximum absolute atomic E-state index is 12.8. The Hall–Kier alpha value is -2.69. The van der Waals surface area contributed by atoms with E-state index in [1.165, 1.54) is 24.6 Å². The summed E-state index contributed by atoms with van der Waals surface area (Å²) in [6.45, 7) is 0. The van der Waals surface area contributed by atoms with Gasteiger partial charge in [0.2, 0.25) is 0 Å². The molecule has 0 heterocycles. The van der Waals surface area contributed by atoms with Crippen LogP contribution in [0, 0.1) is 5.82 Å². The molecule has 0 aliphatic rings. The highest BCUT2D eigenvalue weighted by molar-refractivity contribution is 6.15. The fraction of sp³-hybridized carbons (Fsp3) is 0. The van der Waals surface area contributed by atoms with Crippen LogP contribution in [0.25, 0.3) is 0 Å². The molecule has 2 rings (SSSR count). The Morgan fingerprint density at radius 2 is 1.84 bits per heavy atom. The van der Waals surface area contributed by atoms with E-state index in [0.29, 0.717) is 11.4 Å². The molecule has 0 spiro atoms. The lowest BCUT2D eigenvalue weighted by Gasteiger charge is -1.98. The molecule has 2 aromatic carbocycles. The van der Waals surface area contributed by atoms with Crippen LogP contribution in [-0.2, 0) is 0 Å². The van der Waals surface area contributed by atoms with Crippen LogP contribution in [-0.4, -0.2) is 12.4 Å². The lowest BCUT2D eigenvalue weighted by Crippen LogP contribution is -1.91. The molecule has 0 fully saturated rings. The number of hydrogen-bond donors (Lipinski definition) is 1. The minimum Gasteiger partial charge on any atom is -0.357 e. The number of para-hydroxylation sites is 1. The Balaban J connectivity index is 1.77. The van der Waals surface area contributed by atoms with Crippen molar-refractivity contribution in [1.82, 2.24) is 0 Å². The van der Waals surface area contributed by atoms with Gasteiger partial charge in [0.15, 0.2) is 5.75 Å². The minimum absolute atomic E-state index is 0.318. The Morgan fingerprint density at radius 3 is 2.63 bits per heavy atom. The van der Waals surface area contributed by atoms with Gasteiger partial charge in [0.05, 0.1) is 18.1 Å². The van der Waals surface area contributed by atoms with Crippen molar-refractivity contribution in [3.63, 3.8) is 0 Å². The number of hydrazone groups is 1. The smallest absolute Gasteiger partial charge is 0.157 e. The molecule has 0 aromatic heterocycles. The van der Waals surface area contributed by atoms with Crippen molar-refractivity contribution < 1.29 is 9.23 Å². The van der Waals surface area contributed by atoms with Crippen molar-refractivity contribution in [3.8, 4) is 5.75 Å². The summed E-state index contributed by atoms with van der Waals surface area (Å²) in [5, 5.41) is 7.54. The van der Waals surface area contributed by atoms with Crippen LogP contribution in [0.2, 0.25) is 0 Å². The lowest BCUT2D eigenvalue weighted by atomic mass is 10.3. The van der Waals surface area contributed by atoms with E-state index in [1.54, 1.807) is 24.3 Å². The van der Waals surface area contributed by atoms with E-state index in [4.69, 9.17) is 4.84 Å². The summed E-state index contributed by atoms with van der Waals surface area (Å²) >= 11 is 0. The van der Waals surface area contributed by atoms with E-state index in [0.717, 1.165) is 0 Å². The van der Waals surface area contributed by atoms with E-state index >= 15 is 0 Å². The summed E-state index contributed by atoms with van der Waals surface area (Å²) in [6, 6.07) is 15.2. The average Bonchev–Trinajstić information content (AvgIpc) is 2.44. The molecule has 0 radical (unpaired) electrons. The second-order valence-electron chi connectivity index (χ2n) is 3.56. The van der Waals surface area contributed by atoms with Crippen molar-refractivity contribution in [2.24, 2.45) is 10.3 Å². The molecule has 0 bridgehead atoms. The quantitative estimate of drug-likeness (QED) is 0.660. The van der Waals surface area contributed by atoms with Gasteiger partial charge in [-0.05, 0) is 30.3 Å². The molecule has 0 unspecified atom stereocenters. The molecule has 19 heavy (non-hydrogen) atoms. The van der Waals surface area contributed by atoms with Gasteiger partial charge in [-0.15, -0.1) is 0 Å². The normalized spacial score (nSPS) is 11.0. The Morgan fingerprint density at radius 1 is 1.00 bits per heavy atom. The fourth-order valence-corrected chi connectivity index (χ4v) is 1.30. The van der Waals surface area contributed by atoms with Crippen molar-refractivity contribution in [1.29, 1.82) is 0 Å². The van der Waals surface area contributed by atoms with Gasteiger partial charge in [-0.3, -0.25) is 5.43 Å². The Kier molecular flexibility index (Phi) is 4.64. The van der Waals surface area contributed by atoms with Gasteiger partial charge in [-0.1, -0.05) is 29.4 Å². The van der Waals surface area contributed by atoms with Gasteiger partial charge in [-0.2, -0.15) is 5.10 Å². The van der Waals surface area contributed by atoms with Crippen molar-refractivity contribution in [2.75, 3.05) is 5.43 Å². The molecule has 0 amide bonds. The van der Waals surface area contributed by atoms with E-state index < -0.39 is 0 Å². The molecule has 1 N–H and O–H groups in total. The predicted molar refractivity (Wildman–Crippen MR) is 74.1 cm³/mol. The van der Waals surface area contributed by atoms with Gasteiger partial charge in [-0.25, -0.2) is 4.39 Å². The summed E-state index contributed by atoms with van der Waals surface area (Å²) < 4.78 is 12.8. The zero-order valence-corrected chi connectivity index (χ0v) is 10.0. The fourth-order valence-electron chi connectivity index (χ4n) is 1.30. The molecular weight excluding hydrogens is 245 g/mol. The lowest BCUT2D eigenvalue weighted by molar-refractivity contribution is 0.344. The highest BCUT2D eigenvalue weighted by Crippen LogP contribution is 2.08. The van der Waals surface area contributed by atoms with Gasteiger partial charge in [0, 0.05) is 0 Å². The topological polar surface area (TPSA) is 46.0 Å². The van der Waals surface area contributed by atoms with Crippen LogP contribution in [0.5, 0.6) is 5.75 Å². The van der Waals surface area contributed by atoms with E-state index in [1.807, 2.05) is 18.2 Å². The van der Waals surface area contributed by atoms with Gasteiger partial charge >= 0.3 is 0 Å². The standard InChI is InChI=1S/C14H12FN3O/c15-12-5-4-6-13(11-12)18-16-9-10-17-19-14-7-2-1-3-8-14/h1-11,18H/b16-9+,17-10+. The van der Waals surface area contributed by atoms with Crippen molar-refractivity contribution >= 4 is 18.1 Å². The van der Waals surface area contributed by atoms with Crippen LogP contribution >= 0.6 is 0 Å². The van der Waals surface area contributed by atoms with Gasteiger partial charge in [0.25, 0.3) is 0 Å². The number of benzene rings is 2. The van der Waals surface area contributed by atoms with Crippen LogP contribution in [0.4, 0.5) is 10.1 Å².